The van der Waals surface area contributed by atoms with Crippen molar-refractivity contribution in [3.63, 3.8) is 0 Å². The van der Waals surface area contributed by atoms with Crippen LogP contribution in [0.3, 0.4) is 0 Å². The molecular formula is C31H50O3. The van der Waals surface area contributed by atoms with Crippen molar-refractivity contribution >= 4 is 5.97 Å². The van der Waals surface area contributed by atoms with E-state index < -0.39 is 5.60 Å². The van der Waals surface area contributed by atoms with Crippen LogP contribution in [-0.2, 0) is 9.53 Å². The maximum atomic E-state index is 11.9. The predicted octanol–water partition coefficient (Wildman–Crippen LogP) is 7.46. The van der Waals surface area contributed by atoms with Gasteiger partial charge in [-0.25, -0.2) is 0 Å². The van der Waals surface area contributed by atoms with Crippen molar-refractivity contribution in [2.45, 2.75) is 131 Å². The molecule has 0 heterocycles. The smallest absolute Gasteiger partial charge is 0.302 e. The summed E-state index contributed by atoms with van der Waals surface area (Å²) in [5.41, 5.74) is 2.14. The molecule has 0 radical (unpaired) electrons. The number of fused-ring (bicyclic) bond motifs is 7. The first-order valence-corrected chi connectivity index (χ1v) is 14.2. The number of aliphatic hydroxyl groups is 1. The molecule has 0 spiro atoms. The maximum Gasteiger partial charge on any atom is 0.302 e. The lowest BCUT2D eigenvalue weighted by Crippen LogP contribution is -2.65. The SMILES string of the molecule is CC(=O)OC1CCC2(C)C(CCC3(C)C2CC=C2C4CC(C)(C)CCC4(O)CCC23C)C1(C)C. The lowest BCUT2D eigenvalue weighted by molar-refractivity contribution is -0.215. The van der Waals surface area contributed by atoms with Gasteiger partial charge in [0.2, 0.25) is 0 Å². The Hall–Kier alpha value is -0.830. The predicted molar refractivity (Wildman–Crippen MR) is 137 cm³/mol. The fraction of sp³-hybridized carbons (Fsp3) is 0.903. The molecule has 0 amide bonds. The second kappa shape index (κ2) is 7.36. The number of hydrogen-bond donors (Lipinski definition) is 1. The highest BCUT2D eigenvalue weighted by Gasteiger charge is 2.68. The van der Waals surface area contributed by atoms with Crippen molar-refractivity contribution in [3.8, 4) is 0 Å². The molecular weight excluding hydrogens is 420 g/mol. The highest BCUT2D eigenvalue weighted by molar-refractivity contribution is 5.66. The third kappa shape index (κ3) is 3.20. The fourth-order valence-corrected chi connectivity index (χ4v) is 10.6. The Morgan fingerprint density at radius 3 is 2.26 bits per heavy atom. The summed E-state index contributed by atoms with van der Waals surface area (Å²) >= 11 is 0. The minimum atomic E-state index is -0.491. The molecule has 5 rings (SSSR count). The van der Waals surface area contributed by atoms with Gasteiger partial charge in [-0.2, -0.15) is 0 Å². The van der Waals surface area contributed by atoms with E-state index in [1.54, 1.807) is 12.5 Å². The van der Waals surface area contributed by atoms with Crippen LogP contribution in [0.2, 0.25) is 0 Å². The molecule has 5 aliphatic rings. The standard InChI is InChI=1S/C31H50O3/c1-20(32)34-25-12-13-28(6)23(27(25,4)5)11-14-30(8)24(28)10-9-21-22-19-26(2,3)15-17-31(22,33)18-16-29(21,30)7/h9,22-25,33H,10-19H2,1-8H3. The molecule has 1 N–H and O–H groups in total. The van der Waals surface area contributed by atoms with Crippen LogP contribution in [-0.4, -0.2) is 22.8 Å². The first kappa shape index (κ1) is 24.8. The van der Waals surface area contributed by atoms with Crippen LogP contribution < -0.4 is 0 Å². The van der Waals surface area contributed by atoms with Crippen molar-refractivity contribution in [1.29, 1.82) is 0 Å². The molecule has 0 aromatic heterocycles. The Morgan fingerprint density at radius 2 is 1.59 bits per heavy atom. The van der Waals surface area contributed by atoms with Crippen LogP contribution in [0.4, 0.5) is 0 Å². The van der Waals surface area contributed by atoms with Gasteiger partial charge in [0.15, 0.2) is 0 Å². The van der Waals surface area contributed by atoms with Gasteiger partial charge in [0.05, 0.1) is 5.60 Å². The highest BCUT2D eigenvalue weighted by atomic mass is 16.5. The van der Waals surface area contributed by atoms with E-state index in [4.69, 9.17) is 4.74 Å². The van der Waals surface area contributed by atoms with Crippen LogP contribution in [0.1, 0.15) is 120 Å². The average molecular weight is 471 g/mol. The van der Waals surface area contributed by atoms with E-state index in [2.05, 4.69) is 54.5 Å². The van der Waals surface area contributed by atoms with E-state index >= 15 is 0 Å². The van der Waals surface area contributed by atoms with Crippen molar-refractivity contribution < 1.29 is 14.6 Å². The van der Waals surface area contributed by atoms with E-state index in [1.807, 2.05) is 0 Å². The zero-order chi connectivity index (χ0) is 24.9. The van der Waals surface area contributed by atoms with Gasteiger partial charge in [-0.3, -0.25) is 4.79 Å². The fourth-order valence-electron chi connectivity index (χ4n) is 10.6. The number of ether oxygens (including phenoxy) is 1. The highest BCUT2D eigenvalue weighted by Crippen LogP contribution is 2.74. The lowest BCUT2D eigenvalue weighted by atomic mass is 9.34. The molecule has 8 atom stereocenters. The summed E-state index contributed by atoms with van der Waals surface area (Å²) in [5.74, 6) is 1.41. The van der Waals surface area contributed by atoms with Crippen molar-refractivity contribution in [2.75, 3.05) is 0 Å². The Kier molecular flexibility index (Phi) is 5.38. The summed E-state index contributed by atoms with van der Waals surface area (Å²) < 4.78 is 5.88. The van der Waals surface area contributed by atoms with Crippen LogP contribution in [0, 0.1) is 44.8 Å². The van der Waals surface area contributed by atoms with Gasteiger partial charge in [0, 0.05) is 18.3 Å². The number of esters is 1. The third-order valence-electron chi connectivity index (χ3n) is 12.8. The number of rotatable bonds is 1. The van der Waals surface area contributed by atoms with Gasteiger partial charge in [0.25, 0.3) is 0 Å². The summed E-state index contributed by atoms with van der Waals surface area (Å²) in [7, 11) is 0. The van der Waals surface area contributed by atoms with E-state index in [1.165, 1.54) is 12.8 Å². The summed E-state index contributed by atoms with van der Waals surface area (Å²) in [6, 6.07) is 0. The number of hydrogen-bond acceptors (Lipinski definition) is 3. The molecule has 0 aliphatic heterocycles. The van der Waals surface area contributed by atoms with Crippen LogP contribution in [0.15, 0.2) is 11.6 Å². The number of carbonyl (C=O) groups is 1. The van der Waals surface area contributed by atoms with Gasteiger partial charge in [-0.1, -0.05) is 60.1 Å². The van der Waals surface area contributed by atoms with E-state index in [9.17, 15) is 9.90 Å². The minimum absolute atomic E-state index is 0.00507. The monoisotopic (exact) mass is 470 g/mol. The Balaban J connectivity index is 1.53. The molecule has 3 nitrogen and oxygen atoms in total. The molecule has 0 bridgehead atoms. The summed E-state index contributed by atoms with van der Waals surface area (Å²) in [5, 5.41) is 11.8. The zero-order valence-corrected chi connectivity index (χ0v) is 23.2. The van der Waals surface area contributed by atoms with E-state index in [0.717, 1.165) is 51.4 Å². The quantitative estimate of drug-likeness (QED) is 0.319. The number of carbonyl (C=O) groups excluding carboxylic acids is 1. The Morgan fingerprint density at radius 1 is 0.912 bits per heavy atom. The van der Waals surface area contributed by atoms with Crippen molar-refractivity contribution in [1.82, 2.24) is 0 Å². The first-order valence-electron chi connectivity index (χ1n) is 14.2. The molecule has 4 saturated carbocycles. The normalized spacial score (nSPS) is 51.1. The number of allylic oxidation sites excluding steroid dienone is 1. The Labute approximate surface area is 208 Å². The van der Waals surface area contributed by atoms with Gasteiger partial charge < -0.3 is 9.84 Å². The topological polar surface area (TPSA) is 46.5 Å². The molecule has 0 saturated heterocycles. The summed E-state index contributed by atoms with van der Waals surface area (Å²) in [6.07, 6.45) is 13.7. The van der Waals surface area contributed by atoms with Crippen molar-refractivity contribution in [3.05, 3.63) is 11.6 Å². The zero-order valence-electron chi connectivity index (χ0n) is 23.2. The maximum absolute atomic E-state index is 11.9. The van der Waals surface area contributed by atoms with Gasteiger partial charge >= 0.3 is 5.97 Å². The molecule has 192 valence electrons. The Bertz CT molecular complexity index is 900. The molecule has 0 aromatic rings. The summed E-state index contributed by atoms with van der Waals surface area (Å²) in [4.78, 5) is 11.9. The molecule has 4 fully saturated rings. The first-order chi connectivity index (χ1) is 15.6. The lowest BCUT2D eigenvalue weighted by Gasteiger charge is -2.71. The van der Waals surface area contributed by atoms with Crippen LogP contribution in [0.5, 0.6) is 0 Å². The second-order valence-corrected chi connectivity index (χ2v) is 15.3. The molecule has 5 aliphatic carbocycles. The second-order valence-electron chi connectivity index (χ2n) is 15.3. The third-order valence-corrected chi connectivity index (χ3v) is 12.8. The average Bonchev–Trinajstić information content (AvgIpc) is 2.72. The molecule has 0 aromatic carbocycles. The van der Waals surface area contributed by atoms with Crippen LogP contribution in [0.25, 0.3) is 0 Å². The summed E-state index contributed by atoms with van der Waals surface area (Å²) in [6.45, 7) is 18.9. The largest absolute Gasteiger partial charge is 0.462 e. The molecule has 34 heavy (non-hydrogen) atoms. The van der Waals surface area contributed by atoms with E-state index in [0.29, 0.717) is 23.2 Å². The van der Waals surface area contributed by atoms with Crippen LogP contribution >= 0.6 is 0 Å². The van der Waals surface area contributed by atoms with E-state index in [-0.39, 0.29) is 33.7 Å². The molecule has 3 heteroatoms. The van der Waals surface area contributed by atoms with Gasteiger partial charge in [-0.15, -0.1) is 0 Å². The van der Waals surface area contributed by atoms with Crippen molar-refractivity contribution in [2.24, 2.45) is 44.8 Å². The minimum Gasteiger partial charge on any atom is -0.462 e. The molecule has 8 unspecified atom stereocenters. The van der Waals surface area contributed by atoms with Gasteiger partial charge in [-0.05, 0) is 97.7 Å². The van der Waals surface area contributed by atoms with Gasteiger partial charge in [0.1, 0.15) is 6.10 Å².